The summed E-state index contributed by atoms with van der Waals surface area (Å²) in [6.07, 6.45) is 2.59. The highest BCUT2D eigenvalue weighted by molar-refractivity contribution is 5.94. The third-order valence-corrected chi connectivity index (χ3v) is 6.38. The van der Waals surface area contributed by atoms with E-state index in [1.165, 1.54) is 11.1 Å². The Hall–Kier alpha value is -2.41. The van der Waals surface area contributed by atoms with E-state index in [2.05, 4.69) is 36.1 Å². The Morgan fingerprint density at radius 3 is 2.61 bits per heavy atom. The van der Waals surface area contributed by atoms with E-state index in [-0.39, 0.29) is 12.5 Å². The Morgan fingerprint density at radius 1 is 1.06 bits per heavy atom. The number of amides is 1. The van der Waals surface area contributed by atoms with Crippen molar-refractivity contribution in [1.82, 2.24) is 9.80 Å². The van der Waals surface area contributed by atoms with Gasteiger partial charge in [-0.25, -0.2) is 0 Å². The third kappa shape index (κ3) is 7.29. The molecule has 1 aliphatic rings. The number of rotatable bonds is 3. The van der Waals surface area contributed by atoms with Gasteiger partial charge in [0, 0.05) is 32.7 Å². The summed E-state index contributed by atoms with van der Waals surface area (Å²) >= 11 is 0. The second-order valence-electron chi connectivity index (χ2n) is 9.27. The van der Waals surface area contributed by atoms with Crippen LogP contribution in [0.3, 0.4) is 0 Å². The van der Waals surface area contributed by atoms with Crippen LogP contribution in [0.5, 0.6) is 5.75 Å². The van der Waals surface area contributed by atoms with Crippen molar-refractivity contribution in [2.24, 2.45) is 0 Å². The van der Waals surface area contributed by atoms with E-state index < -0.39 is 12.2 Å². The average Bonchev–Trinajstić information content (AvgIpc) is 2.80. The van der Waals surface area contributed by atoms with Crippen LogP contribution in [0.15, 0.2) is 42.5 Å². The van der Waals surface area contributed by atoms with Crippen molar-refractivity contribution >= 4 is 5.91 Å². The molecule has 2 aromatic carbocycles. The van der Waals surface area contributed by atoms with Crippen LogP contribution >= 0.6 is 0 Å². The topological polar surface area (TPSA) is 73.2 Å². The van der Waals surface area contributed by atoms with Gasteiger partial charge in [0.1, 0.15) is 18.5 Å². The summed E-state index contributed by atoms with van der Waals surface area (Å²) in [5, 5.41) is 21.0. The molecule has 3 rings (SSSR count). The number of ether oxygens (including phenoxy) is 1. The van der Waals surface area contributed by atoms with Gasteiger partial charge in [0.25, 0.3) is 5.91 Å². The van der Waals surface area contributed by atoms with Crippen LogP contribution in [0.4, 0.5) is 0 Å². The minimum atomic E-state index is -0.968. The monoisotopic (exact) mass is 454 g/mol. The third-order valence-electron chi connectivity index (χ3n) is 6.38. The van der Waals surface area contributed by atoms with Crippen LogP contribution in [0.1, 0.15) is 52.7 Å². The Balaban J connectivity index is 1.72. The minimum Gasteiger partial charge on any atom is -0.491 e. The van der Waals surface area contributed by atoms with Crippen molar-refractivity contribution in [1.29, 1.82) is 0 Å². The van der Waals surface area contributed by atoms with Crippen LogP contribution in [0, 0.1) is 6.92 Å². The highest BCUT2D eigenvalue weighted by Gasteiger charge is 2.20. The van der Waals surface area contributed by atoms with Crippen molar-refractivity contribution in [2.45, 2.75) is 57.8 Å². The van der Waals surface area contributed by atoms with Crippen molar-refractivity contribution in [3.8, 4) is 5.75 Å². The Labute approximate surface area is 197 Å². The van der Waals surface area contributed by atoms with Gasteiger partial charge in [-0.3, -0.25) is 9.69 Å². The zero-order valence-corrected chi connectivity index (χ0v) is 20.2. The first-order valence-corrected chi connectivity index (χ1v) is 12.0. The lowest BCUT2D eigenvalue weighted by Crippen LogP contribution is -2.36. The number of hydrogen-bond acceptors (Lipinski definition) is 5. The fourth-order valence-electron chi connectivity index (χ4n) is 4.23. The van der Waals surface area contributed by atoms with Crippen LogP contribution in [0.25, 0.3) is 0 Å². The van der Waals surface area contributed by atoms with Crippen molar-refractivity contribution in [3.63, 3.8) is 0 Å². The number of hydrogen-bond donors (Lipinski definition) is 2. The highest BCUT2D eigenvalue weighted by atomic mass is 16.5. The standard InChI is InChI=1S/C27H38N2O4/c1-20-9-6-7-11-23(20)18-29-15-8-4-5-10-21-17-22(27(32)28(2)3)12-13-26(21)33-19-25(31)24(30)14-16-29/h6-7,9,11-13,17,24-25,30-31H,4-5,8,10,14-16,18-19H2,1-3H3/t24-,25+/m0/s1. The Bertz CT molecular complexity index is 915. The molecule has 33 heavy (non-hydrogen) atoms. The number of carbonyl (C=O) groups excluding carboxylic acids is 1. The van der Waals surface area contributed by atoms with E-state index in [9.17, 15) is 15.0 Å². The molecule has 6 nitrogen and oxygen atoms in total. The number of nitrogens with zero attached hydrogens (tertiary/aromatic N) is 2. The number of aliphatic hydroxyl groups excluding tert-OH is 2. The number of aliphatic hydroxyl groups is 2. The number of fused-ring (bicyclic) bond motifs is 1. The molecule has 0 radical (unpaired) electrons. The maximum atomic E-state index is 12.4. The van der Waals surface area contributed by atoms with Gasteiger partial charge in [-0.1, -0.05) is 30.7 Å². The number of carbonyl (C=O) groups is 1. The lowest BCUT2D eigenvalue weighted by molar-refractivity contribution is -0.0163. The SMILES string of the molecule is Cc1ccccc1CN1CCCCCc2cc(C(=O)N(C)C)ccc2OC[C@@H](O)[C@@H](O)CC1. The zero-order chi connectivity index (χ0) is 23.8. The summed E-state index contributed by atoms with van der Waals surface area (Å²) in [6.45, 7) is 4.65. The molecule has 0 aliphatic carbocycles. The maximum Gasteiger partial charge on any atom is 0.253 e. The summed E-state index contributed by atoms with van der Waals surface area (Å²) in [5.74, 6) is 0.634. The van der Waals surface area contributed by atoms with E-state index in [4.69, 9.17) is 4.74 Å². The van der Waals surface area contributed by atoms with Crippen LogP contribution in [-0.4, -0.2) is 71.9 Å². The molecule has 2 N–H and O–H groups in total. The molecule has 1 heterocycles. The summed E-state index contributed by atoms with van der Waals surface area (Å²) in [6, 6.07) is 13.9. The molecule has 2 aromatic rings. The minimum absolute atomic E-state index is 0.0208. The highest BCUT2D eigenvalue weighted by Crippen LogP contribution is 2.24. The molecule has 2 atom stereocenters. The molecule has 1 aliphatic heterocycles. The molecule has 0 fully saturated rings. The zero-order valence-electron chi connectivity index (χ0n) is 20.2. The van der Waals surface area contributed by atoms with Crippen LogP contribution in [0.2, 0.25) is 0 Å². The predicted molar refractivity (Wildman–Crippen MR) is 131 cm³/mol. The summed E-state index contributed by atoms with van der Waals surface area (Å²) in [5.41, 5.74) is 4.17. The van der Waals surface area contributed by atoms with Crippen molar-refractivity contribution in [2.75, 3.05) is 33.8 Å². The van der Waals surface area contributed by atoms with Gasteiger partial charge < -0.3 is 19.8 Å². The molecular formula is C27H38N2O4. The van der Waals surface area contributed by atoms with E-state index in [1.807, 2.05) is 6.07 Å². The van der Waals surface area contributed by atoms with Gasteiger partial charge in [-0.15, -0.1) is 0 Å². The van der Waals surface area contributed by atoms with Crippen LogP contribution < -0.4 is 4.74 Å². The summed E-state index contributed by atoms with van der Waals surface area (Å²) in [7, 11) is 3.48. The first kappa shape index (κ1) is 25.2. The summed E-state index contributed by atoms with van der Waals surface area (Å²) < 4.78 is 5.90. The maximum absolute atomic E-state index is 12.4. The normalized spacial score (nSPS) is 20.9. The lowest BCUT2D eigenvalue weighted by Gasteiger charge is -2.26. The molecule has 180 valence electrons. The van der Waals surface area contributed by atoms with E-state index in [1.54, 1.807) is 31.1 Å². The molecule has 0 saturated heterocycles. The quantitative estimate of drug-likeness (QED) is 0.744. The van der Waals surface area contributed by atoms with Crippen molar-refractivity contribution in [3.05, 3.63) is 64.7 Å². The van der Waals surface area contributed by atoms with Crippen LogP contribution in [-0.2, 0) is 13.0 Å². The number of aryl methyl sites for hydroxylation is 2. The summed E-state index contributed by atoms with van der Waals surface area (Å²) in [4.78, 5) is 16.3. The predicted octanol–water partition coefficient (Wildman–Crippen LogP) is 3.42. The first-order chi connectivity index (χ1) is 15.8. The molecular weight excluding hydrogens is 416 g/mol. The largest absolute Gasteiger partial charge is 0.491 e. The fraction of sp³-hybridized carbons (Fsp3) is 0.519. The van der Waals surface area contributed by atoms with Crippen molar-refractivity contribution < 1.29 is 19.7 Å². The molecule has 0 spiro atoms. The molecule has 6 heteroatoms. The average molecular weight is 455 g/mol. The molecule has 0 aromatic heterocycles. The second kappa shape index (κ2) is 12.2. The smallest absolute Gasteiger partial charge is 0.253 e. The van der Waals surface area contributed by atoms with Gasteiger partial charge in [0.05, 0.1) is 6.10 Å². The first-order valence-electron chi connectivity index (χ1n) is 12.0. The van der Waals surface area contributed by atoms with Gasteiger partial charge in [-0.2, -0.15) is 0 Å². The molecule has 0 unspecified atom stereocenters. The molecule has 0 saturated carbocycles. The van der Waals surface area contributed by atoms with Gasteiger partial charge in [0.2, 0.25) is 0 Å². The number of benzene rings is 2. The van der Waals surface area contributed by atoms with E-state index in [0.29, 0.717) is 17.7 Å². The molecule has 0 bridgehead atoms. The van der Waals surface area contributed by atoms with E-state index in [0.717, 1.165) is 50.9 Å². The fourth-order valence-corrected chi connectivity index (χ4v) is 4.23. The molecule has 1 amide bonds. The van der Waals surface area contributed by atoms with Gasteiger partial charge >= 0.3 is 0 Å². The second-order valence-corrected chi connectivity index (χ2v) is 9.27. The Kier molecular flexibility index (Phi) is 9.30. The van der Waals surface area contributed by atoms with Gasteiger partial charge in [0.15, 0.2) is 0 Å². The van der Waals surface area contributed by atoms with E-state index >= 15 is 0 Å². The van der Waals surface area contributed by atoms with Gasteiger partial charge in [-0.05, 0) is 74.0 Å². The Morgan fingerprint density at radius 2 is 1.85 bits per heavy atom. The lowest BCUT2D eigenvalue weighted by atomic mass is 10.0.